The van der Waals surface area contributed by atoms with Gasteiger partial charge in [0.05, 0.1) is 6.10 Å². The molecule has 0 spiro atoms. The van der Waals surface area contributed by atoms with E-state index in [-0.39, 0.29) is 11.5 Å². The van der Waals surface area contributed by atoms with Crippen LogP contribution < -0.4 is 0 Å². The molecule has 1 aromatic rings. The molecule has 0 saturated heterocycles. The minimum atomic E-state index is -0.851. The maximum Gasteiger partial charge on any atom is 0.131 e. The van der Waals surface area contributed by atoms with Gasteiger partial charge in [-0.15, -0.1) is 0 Å². The molecule has 1 rings (SSSR count). The van der Waals surface area contributed by atoms with Crippen molar-refractivity contribution >= 4 is 0 Å². The molecule has 1 unspecified atom stereocenters. The topological polar surface area (TPSA) is 20.2 Å². The van der Waals surface area contributed by atoms with E-state index in [9.17, 15) is 13.9 Å². The fraction of sp³-hybridized carbons (Fsp3) is 0.455. The standard InChI is InChI=1S/C11H14F2O/c1-7(2)5-11(14)9-4-3-8(12)6-10(9)13/h3-4,6-7,11,14H,5H2,1-2H3. The summed E-state index contributed by atoms with van der Waals surface area (Å²) in [6.07, 6.45) is -0.377. The molecule has 1 aromatic carbocycles. The highest BCUT2D eigenvalue weighted by Crippen LogP contribution is 2.23. The number of halogens is 2. The summed E-state index contributed by atoms with van der Waals surface area (Å²) in [5.74, 6) is -1.03. The molecule has 0 heterocycles. The van der Waals surface area contributed by atoms with Crippen LogP contribution in [0.4, 0.5) is 8.78 Å². The van der Waals surface area contributed by atoms with Crippen molar-refractivity contribution in [1.82, 2.24) is 0 Å². The maximum absolute atomic E-state index is 13.2. The molecule has 0 radical (unpaired) electrons. The van der Waals surface area contributed by atoms with Crippen molar-refractivity contribution in [3.8, 4) is 0 Å². The molecule has 0 aliphatic carbocycles. The second kappa shape index (κ2) is 4.51. The van der Waals surface area contributed by atoms with Crippen molar-refractivity contribution in [3.05, 3.63) is 35.4 Å². The minimum absolute atomic E-state index is 0.167. The highest BCUT2D eigenvalue weighted by atomic mass is 19.1. The van der Waals surface area contributed by atoms with Crippen LogP contribution in [0.1, 0.15) is 31.9 Å². The van der Waals surface area contributed by atoms with Crippen LogP contribution in [-0.2, 0) is 0 Å². The van der Waals surface area contributed by atoms with E-state index in [1.54, 1.807) is 0 Å². The summed E-state index contributed by atoms with van der Waals surface area (Å²) in [6, 6.07) is 3.23. The first kappa shape index (κ1) is 11.1. The number of rotatable bonds is 3. The van der Waals surface area contributed by atoms with Crippen LogP contribution in [0.2, 0.25) is 0 Å². The molecule has 78 valence electrons. The summed E-state index contributed by atoms with van der Waals surface area (Å²) in [6.45, 7) is 3.87. The predicted octanol–water partition coefficient (Wildman–Crippen LogP) is 3.04. The predicted molar refractivity (Wildman–Crippen MR) is 50.8 cm³/mol. The molecule has 1 atom stereocenters. The van der Waals surface area contributed by atoms with E-state index in [1.165, 1.54) is 6.07 Å². The summed E-state index contributed by atoms with van der Waals surface area (Å²) in [5.41, 5.74) is 0.167. The zero-order valence-electron chi connectivity index (χ0n) is 8.30. The monoisotopic (exact) mass is 200 g/mol. The second-order valence-corrected chi connectivity index (χ2v) is 3.81. The van der Waals surface area contributed by atoms with Crippen LogP contribution in [0.3, 0.4) is 0 Å². The molecule has 0 aliphatic rings. The van der Waals surface area contributed by atoms with Gasteiger partial charge in [-0.3, -0.25) is 0 Å². The van der Waals surface area contributed by atoms with Gasteiger partial charge in [-0.2, -0.15) is 0 Å². The molecule has 0 aliphatic heterocycles. The van der Waals surface area contributed by atoms with Gasteiger partial charge in [0.15, 0.2) is 0 Å². The SMILES string of the molecule is CC(C)CC(O)c1ccc(F)cc1F. The molecule has 1 nitrogen and oxygen atoms in total. The fourth-order valence-corrected chi connectivity index (χ4v) is 1.35. The number of aliphatic hydroxyl groups excluding tert-OH is 1. The molecule has 0 amide bonds. The summed E-state index contributed by atoms with van der Waals surface area (Å²) in [7, 11) is 0. The third-order valence-electron chi connectivity index (χ3n) is 2.02. The Hall–Kier alpha value is -0.960. The zero-order chi connectivity index (χ0) is 10.7. The third-order valence-corrected chi connectivity index (χ3v) is 2.02. The Morgan fingerprint density at radius 3 is 2.43 bits per heavy atom. The fourth-order valence-electron chi connectivity index (χ4n) is 1.35. The van der Waals surface area contributed by atoms with Crippen LogP contribution in [0.25, 0.3) is 0 Å². The molecule has 0 saturated carbocycles. The second-order valence-electron chi connectivity index (χ2n) is 3.81. The quantitative estimate of drug-likeness (QED) is 0.795. The summed E-state index contributed by atoms with van der Waals surface area (Å²) >= 11 is 0. The first-order valence-corrected chi connectivity index (χ1v) is 4.63. The Morgan fingerprint density at radius 1 is 1.29 bits per heavy atom. The van der Waals surface area contributed by atoms with Gasteiger partial charge in [0, 0.05) is 11.6 Å². The molecule has 0 bridgehead atoms. The van der Waals surface area contributed by atoms with Crippen molar-refractivity contribution in [3.63, 3.8) is 0 Å². The average molecular weight is 200 g/mol. The Bertz CT molecular complexity index is 310. The van der Waals surface area contributed by atoms with E-state index in [4.69, 9.17) is 0 Å². The highest BCUT2D eigenvalue weighted by Gasteiger charge is 2.14. The lowest BCUT2D eigenvalue weighted by atomic mass is 9.99. The highest BCUT2D eigenvalue weighted by molar-refractivity contribution is 5.20. The Morgan fingerprint density at radius 2 is 1.93 bits per heavy atom. The average Bonchev–Trinajstić information content (AvgIpc) is 2.01. The number of benzene rings is 1. The lowest BCUT2D eigenvalue weighted by Gasteiger charge is -2.13. The minimum Gasteiger partial charge on any atom is -0.388 e. The van der Waals surface area contributed by atoms with Gasteiger partial charge in [0.2, 0.25) is 0 Å². The van der Waals surface area contributed by atoms with Gasteiger partial charge >= 0.3 is 0 Å². The van der Waals surface area contributed by atoms with Crippen molar-refractivity contribution in [2.24, 2.45) is 5.92 Å². The van der Waals surface area contributed by atoms with Crippen LogP contribution >= 0.6 is 0 Å². The van der Waals surface area contributed by atoms with E-state index < -0.39 is 17.7 Å². The van der Waals surface area contributed by atoms with E-state index in [1.807, 2.05) is 13.8 Å². The van der Waals surface area contributed by atoms with E-state index in [2.05, 4.69) is 0 Å². The van der Waals surface area contributed by atoms with Crippen LogP contribution in [-0.4, -0.2) is 5.11 Å². The first-order chi connectivity index (χ1) is 6.50. The van der Waals surface area contributed by atoms with Gasteiger partial charge in [-0.1, -0.05) is 19.9 Å². The van der Waals surface area contributed by atoms with Gasteiger partial charge in [0.25, 0.3) is 0 Å². The van der Waals surface area contributed by atoms with Crippen molar-refractivity contribution in [1.29, 1.82) is 0 Å². The molecule has 3 heteroatoms. The summed E-state index contributed by atoms with van der Waals surface area (Å²) in [5, 5.41) is 9.60. The normalized spacial score (nSPS) is 13.3. The molecular weight excluding hydrogens is 186 g/mol. The zero-order valence-corrected chi connectivity index (χ0v) is 8.30. The van der Waals surface area contributed by atoms with Crippen LogP contribution in [0, 0.1) is 17.6 Å². The largest absolute Gasteiger partial charge is 0.388 e. The molecule has 0 aromatic heterocycles. The third kappa shape index (κ3) is 2.77. The van der Waals surface area contributed by atoms with Crippen LogP contribution in [0.15, 0.2) is 18.2 Å². The molecule has 14 heavy (non-hydrogen) atoms. The van der Waals surface area contributed by atoms with Gasteiger partial charge < -0.3 is 5.11 Å². The van der Waals surface area contributed by atoms with E-state index >= 15 is 0 Å². The summed E-state index contributed by atoms with van der Waals surface area (Å²) in [4.78, 5) is 0. The molecule has 0 fully saturated rings. The number of hydrogen-bond acceptors (Lipinski definition) is 1. The van der Waals surface area contributed by atoms with Crippen LogP contribution in [0.5, 0.6) is 0 Å². The van der Waals surface area contributed by atoms with E-state index in [0.29, 0.717) is 6.42 Å². The van der Waals surface area contributed by atoms with Crippen molar-refractivity contribution in [2.45, 2.75) is 26.4 Å². The number of aliphatic hydroxyl groups is 1. The van der Waals surface area contributed by atoms with Gasteiger partial charge in [-0.25, -0.2) is 8.78 Å². The molecular formula is C11H14F2O. The van der Waals surface area contributed by atoms with Gasteiger partial charge in [-0.05, 0) is 18.4 Å². The lowest BCUT2D eigenvalue weighted by Crippen LogP contribution is -2.04. The smallest absolute Gasteiger partial charge is 0.131 e. The maximum atomic E-state index is 13.2. The molecule has 1 N–H and O–H groups in total. The van der Waals surface area contributed by atoms with Crippen molar-refractivity contribution in [2.75, 3.05) is 0 Å². The Balaban J connectivity index is 2.84. The lowest BCUT2D eigenvalue weighted by molar-refractivity contribution is 0.146. The number of hydrogen-bond donors (Lipinski definition) is 1. The Kier molecular flexibility index (Phi) is 3.58. The van der Waals surface area contributed by atoms with Crippen molar-refractivity contribution < 1.29 is 13.9 Å². The summed E-state index contributed by atoms with van der Waals surface area (Å²) < 4.78 is 25.7. The van der Waals surface area contributed by atoms with Gasteiger partial charge in [0.1, 0.15) is 11.6 Å². The first-order valence-electron chi connectivity index (χ1n) is 4.63. The van der Waals surface area contributed by atoms with E-state index in [0.717, 1.165) is 12.1 Å². The Labute approximate surface area is 82.4 Å².